The average molecular weight is 723 g/mol. The van der Waals surface area contributed by atoms with Gasteiger partial charge in [-0.05, 0) is 98.1 Å². The van der Waals surface area contributed by atoms with E-state index in [0.717, 1.165) is 38.7 Å². The molecule has 0 N–H and O–H groups in total. The van der Waals surface area contributed by atoms with Gasteiger partial charge in [-0.2, -0.15) is 0 Å². The molecule has 0 bridgehead atoms. The van der Waals surface area contributed by atoms with Gasteiger partial charge in [0, 0.05) is 28.0 Å². The molecule has 262 valence electrons. The van der Waals surface area contributed by atoms with E-state index in [1.165, 1.54) is 54.8 Å². The summed E-state index contributed by atoms with van der Waals surface area (Å²) in [6.07, 6.45) is 12.9. The Kier molecular flexibility index (Phi) is 8.04. The number of hydrogen-bond acceptors (Lipinski definition) is 3. The van der Waals surface area contributed by atoms with E-state index in [4.69, 9.17) is 4.98 Å². The number of anilines is 3. The van der Waals surface area contributed by atoms with Crippen LogP contribution >= 0.6 is 11.3 Å². The van der Waals surface area contributed by atoms with Crippen LogP contribution < -0.4 is 4.90 Å². The first-order valence-electron chi connectivity index (χ1n) is 18.9. The van der Waals surface area contributed by atoms with Crippen molar-refractivity contribution in [1.82, 2.24) is 4.98 Å². The highest BCUT2D eigenvalue weighted by molar-refractivity contribution is 7.21. The Morgan fingerprint density at radius 2 is 1.02 bits per heavy atom. The van der Waals surface area contributed by atoms with Crippen molar-refractivity contribution in [2.75, 3.05) is 4.90 Å². The lowest BCUT2D eigenvalue weighted by molar-refractivity contribution is 0.660. The Balaban J connectivity index is 1.17. The smallest absolute Gasteiger partial charge is 0.124 e. The van der Waals surface area contributed by atoms with Crippen molar-refractivity contribution in [2.45, 2.75) is 19.3 Å². The lowest BCUT2D eigenvalue weighted by Crippen LogP contribution is -2.16. The summed E-state index contributed by atoms with van der Waals surface area (Å²) in [5, 5.41) is 1.03. The quantitative estimate of drug-likeness (QED) is 0.180. The summed E-state index contributed by atoms with van der Waals surface area (Å²) in [5.41, 5.74) is 17.8. The number of thiazole rings is 1. The second-order valence-corrected chi connectivity index (χ2v) is 15.8. The molecule has 0 saturated carbocycles. The maximum atomic E-state index is 5.16. The average Bonchev–Trinajstić information content (AvgIpc) is 3.75. The number of rotatable bonds is 4. The number of nitrogens with zero attached hydrogens (tertiary/aromatic N) is 2. The maximum Gasteiger partial charge on any atom is 0.124 e. The van der Waals surface area contributed by atoms with Gasteiger partial charge in [-0.25, -0.2) is 4.98 Å². The van der Waals surface area contributed by atoms with Crippen molar-refractivity contribution in [3.63, 3.8) is 0 Å². The summed E-state index contributed by atoms with van der Waals surface area (Å²) in [6.45, 7) is 4.70. The van der Waals surface area contributed by atoms with Crippen molar-refractivity contribution in [3.05, 3.63) is 204 Å². The summed E-state index contributed by atoms with van der Waals surface area (Å²) >= 11 is 1.74. The molecule has 8 aromatic rings. The van der Waals surface area contributed by atoms with Crippen LogP contribution in [-0.2, 0) is 5.41 Å². The Hall–Kier alpha value is -6.55. The van der Waals surface area contributed by atoms with Gasteiger partial charge in [0.15, 0.2) is 0 Å². The zero-order valence-electron chi connectivity index (χ0n) is 30.8. The van der Waals surface area contributed by atoms with Crippen molar-refractivity contribution in [1.29, 1.82) is 0 Å². The number of benzene rings is 7. The summed E-state index contributed by atoms with van der Waals surface area (Å²) in [5.74, 6) is 0. The molecule has 10 rings (SSSR count). The Bertz CT molecular complexity index is 2850. The van der Waals surface area contributed by atoms with Crippen LogP contribution in [0.1, 0.15) is 36.1 Å². The van der Waals surface area contributed by atoms with E-state index in [-0.39, 0.29) is 5.41 Å². The topological polar surface area (TPSA) is 16.1 Å². The minimum atomic E-state index is -0.124. The second kappa shape index (κ2) is 13.4. The summed E-state index contributed by atoms with van der Waals surface area (Å²) in [6, 6.07) is 57.5. The molecule has 1 heterocycles. The number of hydrogen-bond donors (Lipinski definition) is 0. The molecule has 2 nitrogen and oxygen atoms in total. The Morgan fingerprint density at radius 3 is 1.80 bits per heavy atom. The molecule has 1 aromatic heterocycles. The lowest BCUT2D eigenvalue weighted by Gasteiger charge is -2.29. The first kappa shape index (κ1) is 33.1. The molecule has 7 aromatic carbocycles. The van der Waals surface area contributed by atoms with Crippen LogP contribution in [0.5, 0.6) is 0 Å². The Morgan fingerprint density at radius 1 is 0.455 bits per heavy atom. The number of allylic oxidation sites excluding steroid dienone is 4. The first-order chi connectivity index (χ1) is 27.0. The molecule has 0 radical (unpaired) electrons. The molecular weight excluding hydrogens is 685 g/mol. The van der Waals surface area contributed by atoms with E-state index in [9.17, 15) is 0 Å². The molecule has 0 saturated heterocycles. The van der Waals surface area contributed by atoms with Crippen molar-refractivity contribution < 1.29 is 0 Å². The van der Waals surface area contributed by atoms with Gasteiger partial charge in [-0.3, -0.25) is 0 Å². The molecule has 2 aliphatic carbocycles. The highest BCUT2D eigenvalue weighted by Crippen LogP contribution is 2.51. The molecule has 0 fully saturated rings. The van der Waals surface area contributed by atoms with E-state index < -0.39 is 0 Å². The molecule has 0 amide bonds. The molecule has 0 atom stereocenters. The molecule has 2 aliphatic rings. The highest BCUT2D eigenvalue weighted by atomic mass is 32.1. The largest absolute Gasteiger partial charge is 0.310 e. The zero-order chi connectivity index (χ0) is 36.9. The van der Waals surface area contributed by atoms with Gasteiger partial charge in [-0.15, -0.1) is 11.3 Å². The van der Waals surface area contributed by atoms with Gasteiger partial charge in [0.25, 0.3) is 0 Å². The van der Waals surface area contributed by atoms with Gasteiger partial charge >= 0.3 is 0 Å². The monoisotopic (exact) mass is 722 g/mol. The minimum Gasteiger partial charge on any atom is -0.310 e. The predicted molar refractivity (Wildman–Crippen MR) is 235 cm³/mol. The SMILES string of the molecule is CC1(C)c2ccccc2-c2ccc(N(c3ccc4c(c3)/C=C/C=C\C=C\c3ccccc3-c3ccccc3-4)c3ccc4sc(-c5ccccc5)nc4c3)cc21. The van der Waals surface area contributed by atoms with Crippen molar-refractivity contribution >= 4 is 50.8 Å². The van der Waals surface area contributed by atoms with E-state index in [1.807, 2.05) is 0 Å². The van der Waals surface area contributed by atoms with Crippen LogP contribution in [0.3, 0.4) is 0 Å². The van der Waals surface area contributed by atoms with Crippen molar-refractivity contribution in [2.24, 2.45) is 0 Å². The molecular formula is C52H38N2S. The molecule has 0 aliphatic heterocycles. The molecule has 0 spiro atoms. The van der Waals surface area contributed by atoms with Crippen LogP contribution in [-0.4, -0.2) is 4.98 Å². The fourth-order valence-corrected chi connectivity index (χ4v) is 9.35. The second-order valence-electron chi connectivity index (χ2n) is 14.8. The third-order valence-electron chi connectivity index (χ3n) is 11.1. The summed E-state index contributed by atoms with van der Waals surface area (Å²) in [7, 11) is 0. The fraction of sp³-hybridized carbons (Fsp3) is 0.0577. The van der Waals surface area contributed by atoms with E-state index in [1.54, 1.807) is 11.3 Å². The van der Waals surface area contributed by atoms with Gasteiger partial charge in [-0.1, -0.05) is 166 Å². The van der Waals surface area contributed by atoms with Gasteiger partial charge in [0.05, 0.1) is 10.2 Å². The Labute approximate surface area is 326 Å². The van der Waals surface area contributed by atoms with E-state index in [2.05, 4.69) is 213 Å². The minimum absolute atomic E-state index is 0.124. The van der Waals surface area contributed by atoms with Crippen LogP contribution in [0.25, 0.3) is 66.3 Å². The number of aromatic nitrogens is 1. The van der Waals surface area contributed by atoms with Crippen LogP contribution in [0.2, 0.25) is 0 Å². The first-order valence-corrected chi connectivity index (χ1v) is 19.7. The standard InChI is InChI=1S/C52H38N2S/c1-52(2)47-25-15-14-24-45(47)46-30-27-39(33-48(46)52)54(40-28-31-50-49(34-40)53-51(55-50)36-18-8-5-9-19-36)38-26-29-42-37(32-38)20-7-4-3-6-16-35-17-10-11-21-41(35)43-22-12-13-23-44(42)43/h3-34H,1-2H3/b4-3-,6-3?,7-4?,16-6+,20-7+,35-16?,37-20?,43-41?,44-42?. The lowest BCUT2D eigenvalue weighted by atomic mass is 9.82. The van der Waals surface area contributed by atoms with Crippen LogP contribution in [0.15, 0.2) is 182 Å². The van der Waals surface area contributed by atoms with E-state index >= 15 is 0 Å². The normalized spacial score (nSPS) is 15.3. The number of fused-ring (bicyclic) bond motifs is 9. The molecule has 0 unspecified atom stereocenters. The van der Waals surface area contributed by atoms with E-state index in [0.29, 0.717) is 0 Å². The summed E-state index contributed by atoms with van der Waals surface area (Å²) in [4.78, 5) is 7.57. The third kappa shape index (κ3) is 5.76. The van der Waals surface area contributed by atoms with Gasteiger partial charge in [0.1, 0.15) is 5.01 Å². The van der Waals surface area contributed by atoms with Crippen molar-refractivity contribution in [3.8, 4) is 44.0 Å². The zero-order valence-corrected chi connectivity index (χ0v) is 31.6. The van der Waals surface area contributed by atoms with Gasteiger partial charge < -0.3 is 4.90 Å². The summed E-state index contributed by atoms with van der Waals surface area (Å²) < 4.78 is 1.17. The maximum absolute atomic E-state index is 5.16. The predicted octanol–water partition coefficient (Wildman–Crippen LogP) is 14.7. The highest BCUT2D eigenvalue weighted by Gasteiger charge is 2.35. The van der Waals surface area contributed by atoms with Crippen LogP contribution in [0.4, 0.5) is 17.1 Å². The van der Waals surface area contributed by atoms with Gasteiger partial charge in [0.2, 0.25) is 0 Å². The molecule has 3 heteroatoms. The third-order valence-corrected chi connectivity index (χ3v) is 12.2. The molecule has 55 heavy (non-hydrogen) atoms. The fourth-order valence-electron chi connectivity index (χ4n) is 8.40. The van der Waals surface area contributed by atoms with Crippen LogP contribution in [0, 0.1) is 0 Å².